The maximum absolute atomic E-state index is 13.3. The minimum atomic E-state index is -6.90. The molecule has 0 heterocycles. The van der Waals surface area contributed by atoms with Gasteiger partial charge in [-0.2, -0.15) is 39.5 Å². The van der Waals surface area contributed by atoms with Gasteiger partial charge in [-0.3, -0.25) is 4.79 Å². The summed E-state index contributed by atoms with van der Waals surface area (Å²) >= 11 is 0. The number of hydrogen-bond donors (Lipinski definition) is 0. The Morgan fingerprint density at radius 1 is 0.870 bits per heavy atom. The van der Waals surface area contributed by atoms with Crippen molar-refractivity contribution in [3.05, 3.63) is 0 Å². The second-order valence-corrected chi connectivity index (χ2v) is 5.45. The van der Waals surface area contributed by atoms with Crippen LogP contribution in [0.1, 0.15) is 27.2 Å². The van der Waals surface area contributed by atoms with Crippen molar-refractivity contribution in [1.29, 1.82) is 0 Å². The molecule has 0 aliphatic rings. The van der Waals surface area contributed by atoms with Gasteiger partial charge in [0.05, 0.1) is 12.5 Å². The first kappa shape index (κ1) is 21.8. The smallest absolute Gasteiger partial charge is 0.460 e. The highest BCUT2D eigenvalue weighted by molar-refractivity contribution is 5.71. The second kappa shape index (κ2) is 6.76. The second-order valence-electron chi connectivity index (χ2n) is 5.45. The standard InChI is InChI=1S/C12H15F9O2/c1-6(2)8(22)23-5-7(3)4-9(13,14)10(15,16)11(17,18)12(19,20)21/h6-7H,4-5H2,1-3H3. The van der Waals surface area contributed by atoms with E-state index in [1.54, 1.807) is 0 Å². The number of rotatable bonds is 7. The van der Waals surface area contributed by atoms with Crippen LogP contribution in [0.4, 0.5) is 39.5 Å². The Labute approximate surface area is 126 Å². The Morgan fingerprint density at radius 2 is 1.30 bits per heavy atom. The van der Waals surface area contributed by atoms with Crippen LogP contribution in [-0.4, -0.2) is 36.5 Å². The van der Waals surface area contributed by atoms with Gasteiger partial charge in [-0.05, 0) is 5.92 Å². The van der Waals surface area contributed by atoms with Crippen molar-refractivity contribution in [2.45, 2.75) is 51.1 Å². The first-order chi connectivity index (χ1) is 9.97. The molecule has 138 valence electrons. The molecule has 0 bridgehead atoms. The summed E-state index contributed by atoms with van der Waals surface area (Å²) in [5, 5.41) is 0. The molecule has 1 atom stereocenters. The molecule has 0 amide bonds. The average Bonchev–Trinajstić information content (AvgIpc) is 2.33. The van der Waals surface area contributed by atoms with Gasteiger partial charge < -0.3 is 4.74 Å². The van der Waals surface area contributed by atoms with Crippen LogP contribution in [0, 0.1) is 11.8 Å². The molecule has 0 aromatic heterocycles. The van der Waals surface area contributed by atoms with Crippen molar-refractivity contribution in [3.8, 4) is 0 Å². The van der Waals surface area contributed by atoms with E-state index in [0.717, 1.165) is 6.92 Å². The van der Waals surface area contributed by atoms with Crippen molar-refractivity contribution >= 4 is 5.97 Å². The van der Waals surface area contributed by atoms with Gasteiger partial charge in [0.15, 0.2) is 0 Å². The van der Waals surface area contributed by atoms with E-state index in [-0.39, 0.29) is 0 Å². The lowest BCUT2D eigenvalue weighted by molar-refractivity contribution is -0.397. The number of esters is 1. The Kier molecular flexibility index (Phi) is 6.42. The van der Waals surface area contributed by atoms with E-state index in [2.05, 4.69) is 4.74 Å². The molecule has 0 rings (SSSR count). The summed E-state index contributed by atoms with van der Waals surface area (Å²) in [6, 6.07) is 0. The highest BCUT2D eigenvalue weighted by Gasteiger charge is 2.81. The molecule has 0 radical (unpaired) electrons. The molecule has 0 aliphatic heterocycles. The summed E-state index contributed by atoms with van der Waals surface area (Å²) in [5.41, 5.74) is 0. The Hall–Kier alpha value is -1.16. The van der Waals surface area contributed by atoms with Crippen molar-refractivity contribution in [3.63, 3.8) is 0 Å². The van der Waals surface area contributed by atoms with Gasteiger partial charge in [0.25, 0.3) is 0 Å². The zero-order valence-electron chi connectivity index (χ0n) is 12.3. The molecular weight excluding hydrogens is 347 g/mol. The summed E-state index contributed by atoms with van der Waals surface area (Å²) in [7, 11) is 0. The van der Waals surface area contributed by atoms with Gasteiger partial charge >= 0.3 is 29.9 Å². The number of carbonyl (C=O) groups excluding carboxylic acids is 1. The maximum atomic E-state index is 13.3. The summed E-state index contributed by atoms with van der Waals surface area (Å²) in [5.74, 6) is -22.3. The molecule has 0 aromatic rings. The third-order valence-corrected chi connectivity index (χ3v) is 2.80. The summed E-state index contributed by atoms with van der Waals surface area (Å²) in [4.78, 5) is 11.1. The SMILES string of the molecule is CC(COC(=O)C(C)C)CC(F)(F)C(F)(F)C(F)(F)C(F)(F)F. The zero-order chi connectivity index (χ0) is 18.9. The highest BCUT2D eigenvalue weighted by atomic mass is 19.4. The lowest BCUT2D eigenvalue weighted by Gasteiger charge is -2.34. The van der Waals surface area contributed by atoms with Gasteiger partial charge in [0.2, 0.25) is 0 Å². The predicted molar refractivity (Wildman–Crippen MR) is 60.5 cm³/mol. The highest BCUT2D eigenvalue weighted by Crippen LogP contribution is 2.54. The van der Waals surface area contributed by atoms with Crippen molar-refractivity contribution in [2.75, 3.05) is 6.61 Å². The van der Waals surface area contributed by atoms with Crippen molar-refractivity contribution in [1.82, 2.24) is 0 Å². The fourth-order valence-electron chi connectivity index (χ4n) is 1.42. The molecular formula is C12H15F9O2. The van der Waals surface area contributed by atoms with Gasteiger partial charge in [0.1, 0.15) is 0 Å². The summed E-state index contributed by atoms with van der Waals surface area (Å²) in [6.07, 6.45) is -8.86. The Balaban J connectivity index is 5.07. The van der Waals surface area contributed by atoms with Gasteiger partial charge in [-0.15, -0.1) is 0 Å². The quantitative estimate of drug-likeness (QED) is 0.486. The molecule has 2 nitrogen and oxygen atoms in total. The summed E-state index contributed by atoms with van der Waals surface area (Å²) < 4.78 is 118. The molecule has 1 unspecified atom stereocenters. The predicted octanol–water partition coefficient (Wildman–Crippen LogP) is 4.68. The lowest BCUT2D eigenvalue weighted by atomic mass is 9.95. The summed E-state index contributed by atoms with van der Waals surface area (Å²) in [6.45, 7) is 2.81. The number of alkyl halides is 9. The van der Waals surface area contributed by atoms with E-state index >= 15 is 0 Å². The van der Waals surface area contributed by atoms with E-state index in [0.29, 0.717) is 0 Å². The number of halogens is 9. The van der Waals surface area contributed by atoms with E-state index in [9.17, 15) is 44.3 Å². The fourth-order valence-corrected chi connectivity index (χ4v) is 1.42. The van der Waals surface area contributed by atoms with E-state index in [4.69, 9.17) is 0 Å². The fraction of sp³-hybridized carbons (Fsp3) is 0.917. The van der Waals surface area contributed by atoms with Crippen molar-refractivity contribution < 1.29 is 49.0 Å². The van der Waals surface area contributed by atoms with Crippen LogP contribution < -0.4 is 0 Å². The molecule has 0 aromatic carbocycles. The number of carbonyl (C=O) groups is 1. The molecule has 0 fully saturated rings. The third-order valence-electron chi connectivity index (χ3n) is 2.80. The van der Waals surface area contributed by atoms with Crippen LogP contribution in [-0.2, 0) is 9.53 Å². The van der Waals surface area contributed by atoms with Crippen LogP contribution in [0.2, 0.25) is 0 Å². The molecule has 0 spiro atoms. The first-order valence-corrected chi connectivity index (χ1v) is 6.34. The molecule has 0 saturated heterocycles. The largest absolute Gasteiger partial charge is 0.465 e. The molecule has 0 saturated carbocycles. The number of hydrogen-bond acceptors (Lipinski definition) is 2. The molecule has 11 heteroatoms. The first-order valence-electron chi connectivity index (χ1n) is 6.34. The van der Waals surface area contributed by atoms with Crippen molar-refractivity contribution in [2.24, 2.45) is 11.8 Å². The molecule has 23 heavy (non-hydrogen) atoms. The topological polar surface area (TPSA) is 26.3 Å². The minimum absolute atomic E-state index is 0.654. The van der Waals surface area contributed by atoms with Gasteiger partial charge in [-0.1, -0.05) is 20.8 Å². The minimum Gasteiger partial charge on any atom is -0.465 e. The van der Waals surface area contributed by atoms with E-state index in [1.165, 1.54) is 13.8 Å². The monoisotopic (exact) mass is 362 g/mol. The maximum Gasteiger partial charge on any atom is 0.460 e. The van der Waals surface area contributed by atoms with Gasteiger partial charge in [-0.25, -0.2) is 0 Å². The van der Waals surface area contributed by atoms with Crippen LogP contribution in [0.5, 0.6) is 0 Å². The third kappa shape index (κ3) is 4.66. The normalized spacial score (nSPS) is 15.7. The van der Waals surface area contributed by atoms with Crippen LogP contribution in [0.3, 0.4) is 0 Å². The van der Waals surface area contributed by atoms with Crippen LogP contribution in [0.25, 0.3) is 0 Å². The Morgan fingerprint density at radius 3 is 1.65 bits per heavy atom. The van der Waals surface area contributed by atoms with E-state index in [1.807, 2.05) is 0 Å². The van der Waals surface area contributed by atoms with E-state index < -0.39 is 54.8 Å². The molecule has 0 aliphatic carbocycles. The zero-order valence-corrected chi connectivity index (χ0v) is 12.3. The number of ether oxygens (including phenoxy) is 1. The van der Waals surface area contributed by atoms with Gasteiger partial charge in [0, 0.05) is 6.42 Å². The lowest BCUT2D eigenvalue weighted by Crippen LogP contribution is -2.61. The van der Waals surface area contributed by atoms with Crippen LogP contribution in [0.15, 0.2) is 0 Å². The average molecular weight is 362 g/mol. The molecule has 0 N–H and O–H groups in total. The Bertz CT molecular complexity index is 415. The van der Waals surface area contributed by atoms with Crippen LogP contribution >= 0.6 is 0 Å².